The van der Waals surface area contributed by atoms with Crippen LogP contribution in [0.15, 0.2) is 35.5 Å². The molecule has 2 rings (SSSR count). The summed E-state index contributed by atoms with van der Waals surface area (Å²) in [6, 6.07) is 11.0. The summed E-state index contributed by atoms with van der Waals surface area (Å²) in [5, 5.41) is 12.0. The van der Waals surface area contributed by atoms with Gasteiger partial charge >= 0.3 is 0 Å². The van der Waals surface area contributed by atoms with E-state index >= 15 is 0 Å². The van der Waals surface area contributed by atoms with Crippen LogP contribution in [0, 0.1) is 0 Å². The Morgan fingerprint density at radius 2 is 2.19 bits per heavy atom. The molecular formula is C16H26N4O. The molecule has 0 aliphatic carbocycles. The van der Waals surface area contributed by atoms with Gasteiger partial charge in [0.25, 0.3) is 0 Å². The molecule has 21 heavy (non-hydrogen) atoms. The first-order chi connectivity index (χ1) is 10.1. The molecule has 1 aliphatic heterocycles. The number of hydrogen-bond donors (Lipinski definition) is 2. The lowest BCUT2D eigenvalue weighted by Crippen LogP contribution is -2.39. The molecule has 0 bridgehead atoms. The summed E-state index contributed by atoms with van der Waals surface area (Å²) < 4.78 is 0. The SMILES string of the molecule is CN1CCCC1CN(C)C(CC(N)=NO)c1ccccc1. The highest BCUT2D eigenvalue weighted by atomic mass is 16.4. The molecule has 1 saturated heterocycles. The maximum Gasteiger partial charge on any atom is 0.141 e. The Morgan fingerprint density at radius 1 is 1.48 bits per heavy atom. The average Bonchev–Trinajstić information content (AvgIpc) is 2.90. The summed E-state index contributed by atoms with van der Waals surface area (Å²) >= 11 is 0. The molecule has 5 nitrogen and oxygen atoms in total. The van der Waals surface area contributed by atoms with Crippen LogP contribution in [0.2, 0.25) is 0 Å². The molecule has 0 saturated carbocycles. The fourth-order valence-corrected chi connectivity index (χ4v) is 3.11. The van der Waals surface area contributed by atoms with E-state index in [1.807, 2.05) is 18.2 Å². The van der Waals surface area contributed by atoms with E-state index in [1.54, 1.807) is 0 Å². The minimum absolute atomic E-state index is 0.135. The number of rotatable bonds is 6. The van der Waals surface area contributed by atoms with E-state index in [4.69, 9.17) is 10.9 Å². The lowest BCUT2D eigenvalue weighted by atomic mass is 10.0. The number of likely N-dealkylation sites (tertiary alicyclic amines) is 1. The fourth-order valence-electron chi connectivity index (χ4n) is 3.11. The summed E-state index contributed by atoms with van der Waals surface area (Å²) in [7, 11) is 4.31. The molecule has 116 valence electrons. The molecule has 1 aliphatic rings. The van der Waals surface area contributed by atoms with Gasteiger partial charge < -0.3 is 15.8 Å². The smallest absolute Gasteiger partial charge is 0.141 e. The van der Waals surface area contributed by atoms with Gasteiger partial charge in [0, 0.05) is 25.0 Å². The topological polar surface area (TPSA) is 65.1 Å². The Labute approximate surface area is 127 Å². The monoisotopic (exact) mass is 290 g/mol. The first-order valence-corrected chi connectivity index (χ1v) is 7.53. The van der Waals surface area contributed by atoms with Crippen LogP contribution in [0.3, 0.4) is 0 Å². The minimum Gasteiger partial charge on any atom is -0.409 e. The van der Waals surface area contributed by atoms with Crippen molar-refractivity contribution in [2.24, 2.45) is 10.9 Å². The molecule has 1 aromatic carbocycles. The summed E-state index contributed by atoms with van der Waals surface area (Å²) in [5.74, 6) is 0.274. The van der Waals surface area contributed by atoms with Crippen LogP contribution in [-0.4, -0.2) is 54.1 Å². The molecule has 2 atom stereocenters. The predicted octanol–water partition coefficient (Wildman–Crippen LogP) is 1.89. The van der Waals surface area contributed by atoms with Crippen molar-refractivity contribution in [2.75, 3.05) is 27.2 Å². The van der Waals surface area contributed by atoms with Crippen molar-refractivity contribution in [1.82, 2.24) is 9.80 Å². The lowest BCUT2D eigenvalue weighted by molar-refractivity contribution is 0.178. The highest BCUT2D eigenvalue weighted by Crippen LogP contribution is 2.25. The molecule has 1 fully saturated rings. The van der Waals surface area contributed by atoms with Gasteiger partial charge in [-0.15, -0.1) is 0 Å². The van der Waals surface area contributed by atoms with Crippen LogP contribution in [0.1, 0.15) is 30.9 Å². The van der Waals surface area contributed by atoms with Crippen molar-refractivity contribution in [1.29, 1.82) is 0 Å². The normalized spacial score (nSPS) is 21.9. The highest BCUT2D eigenvalue weighted by Gasteiger charge is 2.26. The molecule has 2 unspecified atom stereocenters. The number of oxime groups is 1. The van der Waals surface area contributed by atoms with Gasteiger partial charge in [0.2, 0.25) is 0 Å². The van der Waals surface area contributed by atoms with Crippen molar-refractivity contribution in [3.63, 3.8) is 0 Å². The Morgan fingerprint density at radius 3 is 2.76 bits per heavy atom. The molecule has 5 heteroatoms. The van der Waals surface area contributed by atoms with E-state index < -0.39 is 0 Å². The Balaban J connectivity index is 2.10. The van der Waals surface area contributed by atoms with E-state index in [9.17, 15) is 0 Å². The number of amidine groups is 1. The summed E-state index contributed by atoms with van der Waals surface area (Å²) in [4.78, 5) is 4.74. The average molecular weight is 290 g/mol. The van der Waals surface area contributed by atoms with E-state index in [-0.39, 0.29) is 11.9 Å². The van der Waals surface area contributed by atoms with Crippen molar-refractivity contribution in [3.05, 3.63) is 35.9 Å². The number of likely N-dealkylation sites (N-methyl/N-ethyl adjacent to an activating group) is 2. The quantitative estimate of drug-likeness (QED) is 0.363. The first kappa shape index (κ1) is 15.8. The third kappa shape index (κ3) is 4.19. The van der Waals surface area contributed by atoms with Crippen molar-refractivity contribution in [3.8, 4) is 0 Å². The van der Waals surface area contributed by atoms with E-state index in [0.29, 0.717) is 12.5 Å². The molecule has 0 amide bonds. The van der Waals surface area contributed by atoms with E-state index in [0.717, 1.165) is 6.54 Å². The second-order valence-corrected chi connectivity index (χ2v) is 5.94. The minimum atomic E-state index is 0.135. The third-order valence-corrected chi connectivity index (χ3v) is 4.42. The van der Waals surface area contributed by atoms with Crippen LogP contribution < -0.4 is 5.73 Å². The number of hydrogen-bond acceptors (Lipinski definition) is 4. The van der Waals surface area contributed by atoms with Gasteiger partial charge in [0.05, 0.1) is 0 Å². The zero-order valence-corrected chi connectivity index (χ0v) is 12.9. The molecule has 1 heterocycles. The van der Waals surface area contributed by atoms with Crippen molar-refractivity contribution < 1.29 is 5.21 Å². The van der Waals surface area contributed by atoms with Crippen LogP contribution in [-0.2, 0) is 0 Å². The standard InChI is InChI=1S/C16H26N4O/c1-19-10-6-9-14(19)12-20(2)15(11-16(17)18-21)13-7-4-3-5-8-13/h3-5,7-8,14-15,21H,6,9-12H2,1-2H3,(H2,17,18). The third-order valence-electron chi connectivity index (χ3n) is 4.42. The summed E-state index contributed by atoms with van der Waals surface area (Å²) in [5.41, 5.74) is 6.95. The van der Waals surface area contributed by atoms with Crippen LogP contribution >= 0.6 is 0 Å². The maximum absolute atomic E-state index is 8.87. The number of nitrogens with zero attached hydrogens (tertiary/aromatic N) is 3. The zero-order chi connectivity index (χ0) is 15.2. The first-order valence-electron chi connectivity index (χ1n) is 7.53. The highest BCUT2D eigenvalue weighted by molar-refractivity contribution is 5.80. The van der Waals surface area contributed by atoms with Gasteiger partial charge in [-0.05, 0) is 39.0 Å². The van der Waals surface area contributed by atoms with Gasteiger partial charge in [-0.25, -0.2) is 0 Å². The molecule has 0 spiro atoms. The molecule has 1 aromatic rings. The second kappa shape index (κ2) is 7.43. The Hall–Kier alpha value is -1.59. The summed E-state index contributed by atoms with van der Waals surface area (Å²) in [6.07, 6.45) is 3.05. The van der Waals surface area contributed by atoms with Gasteiger partial charge in [0.15, 0.2) is 0 Å². The zero-order valence-electron chi connectivity index (χ0n) is 12.9. The number of benzene rings is 1. The maximum atomic E-state index is 8.87. The largest absolute Gasteiger partial charge is 0.409 e. The summed E-state index contributed by atoms with van der Waals surface area (Å²) in [6.45, 7) is 2.17. The van der Waals surface area contributed by atoms with E-state index in [2.05, 4.69) is 41.2 Å². The second-order valence-electron chi connectivity index (χ2n) is 5.94. The molecule has 0 radical (unpaired) electrons. The van der Waals surface area contributed by atoms with E-state index in [1.165, 1.54) is 24.9 Å². The lowest BCUT2D eigenvalue weighted by Gasteiger charge is -2.32. The van der Waals surface area contributed by atoms with Gasteiger partial charge in [0.1, 0.15) is 5.84 Å². The predicted molar refractivity (Wildman–Crippen MR) is 85.5 cm³/mol. The van der Waals surface area contributed by atoms with Crippen molar-refractivity contribution >= 4 is 5.84 Å². The van der Waals surface area contributed by atoms with Crippen LogP contribution in [0.4, 0.5) is 0 Å². The van der Waals surface area contributed by atoms with Gasteiger partial charge in [-0.2, -0.15) is 0 Å². The fraction of sp³-hybridized carbons (Fsp3) is 0.562. The van der Waals surface area contributed by atoms with Crippen LogP contribution in [0.25, 0.3) is 0 Å². The number of nitrogens with two attached hydrogens (primary N) is 1. The molecule has 3 N–H and O–H groups in total. The van der Waals surface area contributed by atoms with Crippen molar-refractivity contribution in [2.45, 2.75) is 31.3 Å². The molecular weight excluding hydrogens is 264 g/mol. The van der Waals surface area contributed by atoms with Gasteiger partial charge in [-0.3, -0.25) is 4.90 Å². The van der Waals surface area contributed by atoms with Crippen LogP contribution in [0.5, 0.6) is 0 Å². The Kier molecular flexibility index (Phi) is 5.59. The molecule has 0 aromatic heterocycles. The van der Waals surface area contributed by atoms with Gasteiger partial charge in [-0.1, -0.05) is 35.5 Å². The Bertz CT molecular complexity index is 463.